The second kappa shape index (κ2) is 7.38. The van der Waals surface area contributed by atoms with Crippen LogP contribution < -0.4 is 10.1 Å². The van der Waals surface area contributed by atoms with E-state index >= 15 is 0 Å². The van der Waals surface area contributed by atoms with Crippen LogP contribution in [0.1, 0.15) is 17.3 Å². The summed E-state index contributed by atoms with van der Waals surface area (Å²) >= 11 is 0. The third-order valence-electron chi connectivity index (χ3n) is 4.64. The summed E-state index contributed by atoms with van der Waals surface area (Å²) in [4.78, 5) is 12.3. The molecule has 1 amide bonds. The summed E-state index contributed by atoms with van der Waals surface area (Å²) in [6, 6.07) is 12.1. The smallest absolute Gasteiger partial charge is 0.257 e. The Morgan fingerprint density at radius 1 is 1.14 bits per heavy atom. The summed E-state index contributed by atoms with van der Waals surface area (Å²) in [6.07, 6.45) is 0. The Morgan fingerprint density at radius 2 is 1.90 bits per heavy atom. The van der Waals surface area contributed by atoms with Gasteiger partial charge in [0, 0.05) is 35.1 Å². The Morgan fingerprint density at radius 3 is 2.59 bits per heavy atom. The number of ether oxygens (including phenoxy) is 1. The normalized spacial score (nSPS) is 11.0. The number of aryl methyl sites for hydroxylation is 1. The van der Waals surface area contributed by atoms with Gasteiger partial charge in [-0.25, -0.2) is 8.78 Å². The zero-order valence-electron chi connectivity index (χ0n) is 15.8. The van der Waals surface area contributed by atoms with E-state index in [4.69, 9.17) is 4.74 Å². The van der Waals surface area contributed by atoms with E-state index < -0.39 is 17.5 Å². The van der Waals surface area contributed by atoms with Crippen molar-refractivity contribution in [3.05, 3.63) is 65.7 Å². The fourth-order valence-corrected chi connectivity index (χ4v) is 3.33. The van der Waals surface area contributed by atoms with Crippen LogP contribution >= 0.6 is 0 Å². The monoisotopic (exact) mass is 396 g/mol. The fourth-order valence-electron chi connectivity index (χ4n) is 3.33. The molecule has 0 aliphatic carbocycles. The molecule has 2 aromatic heterocycles. The van der Waals surface area contributed by atoms with Crippen LogP contribution in [0.4, 0.5) is 14.6 Å². The molecule has 0 unspecified atom stereocenters. The van der Waals surface area contributed by atoms with E-state index in [2.05, 4.69) is 20.1 Å². The third kappa shape index (κ3) is 3.56. The number of methoxy groups -OCH3 is 1. The minimum absolute atomic E-state index is 0.123. The van der Waals surface area contributed by atoms with Gasteiger partial charge in [0.05, 0.1) is 18.5 Å². The number of halogens is 2. The second-order valence-electron chi connectivity index (χ2n) is 6.48. The van der Waals surface area contributed by atoms with E-state index in [9.17, 15) is 13.6 Å². The maximum Gasteiger partial charge on any atom is 0.257 e. The molecule has 29 heavy (non-hydrogen) atoms. The highest BCUT2D eigenvalue weighted by Crippen LogP contribution is 2.30. The molecule has 2 heterocycles. The van der Waals surface area contributed by atoms with Crippen molar-refractivity contribution in [3.63, 3.8) is 0 Å². The standard InChI is InChI=1S/C21H18F2N4O2/c1-3-27-18-5-4-16(29-2)8-12(18)9-19(27)17-11-20(26-25-17)24-21(28)13-6-14(22)10-15(23)7-13/h4-11H,3H2,1-2H3,(H2,24,25,26,28). The molecule has 0 fully saturated rings. The lowest BCUT2D eigenvalue weighted by Gasteiger charge is -2.06. The molecule has 0 bridgehead atoms. The summed E-state index contributed by atoms with van der Waals surface area (Å²) < 4.78 is 34.1. The zero-order valence-corrected chi connectivity index (χ0v) is 15.8. The van der Waals surface area contributed by atoms with Crippen LogP contribution in [-0.4, -0.2) is 27.8 Å². The first-order valence-corrected chi connectivity index (χ1v) is 8.99. The van der Waals surface area contributed by atoms with E-state index in [0.717, 1.165) is 41.0 Å². The number of amides is 1. The van der Waals surface area contributed by atoms with Gasteiger partial charge in [0.1, 0.15) is 17.4 Å². The number of carbonyl (C=O) groups excluding carboxylic acids is 1. The lowest BCUT2D eigenvalue weighted by molar-refractivity contribution is 0.102. The minimum atomic E-state index is -0.819. The number of anilines is 1. The van der Waals surface area contributed by atoms with Gasteiger partial charge in [-0.05, 0) is 43.3 Å². The van der Waals surface area contributed by atoms with Crippen LogP contribution in [0.5, 0.6) is 5.75 Å². The number of aromatic amines is 1. The van der Waals surface area contributed by atoms with Crippen molar-refractivity contribution in [2.45, 2.75) is 13.5 Å². The minimum Gasteiger partial charge on any atom is -0.497 e. The Labute approximate surface area is 165 Å². The van der Waals surface area contributed by atoms with Gasteiger partial charge in [0.25, 0.3) is 5.91 Å². The predicted octanol–water partition coefficient (Wildman–Crippen LogP) is 4.59. The highest BCUT2D eigenvalue weighted by Gasteiger charge is 2.15. The number of hydrogen-bond acceptors (Lipinski definition) is 3. The largest absolute Gasteiger partial charge is 0.497 e. The Bertz CT molecular complexity index is 1190. The SMILES string of the molecule is CCn1c(-c2cc(NC(=O)c3cc(F)cc(F)c3)n[nH]2)cc2cc(OC)ccc21. The molecular weight excluding hydrogens is 378 g/mol. The number of benzene rings is 2. The van der Waals surface area contributed by atoms with Gasteiger partial charge in [-0.1, -0.05) is 0 Å². The maximum atomic E-state index is 13.3. The number of aromatic nitrogens is 3. The molecule has 0 saturated heterocycles. The van der Waals surface area contributed by atoms with E-state index in [0.29, 0.717) is 11.8 Å². The van der Waals surface area contributed by atoms with Crippen molar-refractivity contribution in [2.24, 2.45) is 0 Å². The van der Waals surface area contributed by atoms with Gasteiger partial charge < -0.3 is 14.6 Å². The van der Waals surface area contributed by atoms with Crippen LogP contribution in [0.15, 0.2) is 48.5 Å². The average Bonchev–Trinajstić information content (AvgIpc) is 3.30. The molecule has 2 N–H and O–H groups in total. The topological polar surface area (TPSA) is 71.9 Å². The van der Waals surface area contributed by atoms with Crippen LogP contribution in [0.2, 0.25) is 0 Å². The molecule has 0 aliphatic heterocycles. The quantitative estimate of drug-likeness (QED) is 0.518. The predicted molar refractivity (Wildman–Crippen MR) is 106 cm³/mol. The summed E-state index contributed by atoms with van der Waals surface area (Å²) in [5.74, 6) is -1.28. The Kier molecular flexibility index (Phi) is 4.75. The third-order valence-corrected chi connectivity index (χ3v) is 4.64. The number of H-pyrrole nitrogens is 1. The van der Waals surface area contributed by atoms with E-state index in [-0.39, 0.29) is 11.4 Å². The van der Waals surface area contributed by atoms with Crippen molar-refractivity contribution in [1.82, 2.24) is 14.8 Å². The summed E-state index contributed by atoms with van der Waals surface area (Å²) in [7, 11) is 1.62. The highest BCUT2D eigenvalue weighted by atomic mass is 19.1. The lowest BCUT2D eigenvalue weighted by atomic mass is 10.2. The van der Waals surface area contributed by atoms with Crippen molar-refractivity contribution in [2.75, 3.05) is 12.4 Å². The van der Waals surface area contributed by atoms with Gasteiger partial charge in [-0.3, -0.25) is 9.89 Å². The molecule has 4 rings (SSSR count). The number of nitrogens with zero attached hydrogens (tertiary/aromatic N) is 2. The molecule has 0 spiro atoms. The van der Waals surface area contributed by atoms with Gasteiger partial charge >= 0.3 is 0 Å². The number of nitrogens with one attached hydrogen (secondary N) is 2. The van der Waals surface area contributed by atoms with Gasteiger partial charge in [-0.2, -0.15) is 5.10 Å². The van der Waals surface area contributed by atoms with Crippen molar-refractivity contribution < 1.29 is 18.3 Å². The summed E-state index contributed by atoms with van der Waals surface area (Å²) in [5, 5.41) is 10.6. The number of rotatable bonds is 5. The van der Waals surface area contributed by atoms with Crippen molar-refractivity contribution in [1.29, 1.82) is 0 Å². The first-order chi connectivity index (χ1) is 14.0. The van der Waals surface area contributed by atoms with Crippen LogP contribution in [0.25, 0.3) is 22.3 Å². The summed E-state index contributed by atoms with van der Waals surface area (Å²) in [5.41, 5.74) is 2.50. The average molecular weight is 396 g/mol. The lowest BCUT2D eigenvalue weighted by Crippen LogP contribution is -2.12. The van der Waals surface area contributed by atoms with Gasteiger partial charge in [0.2, 0.25) is 0 Å². The molecule has 8 heteroatoms. The zero-order chi connectivity index (χ0) is 20.5. The molecule has 4 aromatic rings. The highest BCUT2D eigenvalue weighted by molar-refractivity contribution is 6.04. The first-order valence-electron chi connectivity index (χ1n) is 8.99. The summed E-state index contributed by atoms with van der Waals surface area (Å²) in [6.45, 7) is 2.76. The van der Waals surface area contributed by atoms with Crippen molar-refractivity contribution >= 4 is 22.6 Å². The maximum absolute atomic E-state index is 13.3. The first kappa shape index (κ1) is 18.7. The molecule has 148 valence electrons. The molecule has 0 saturated carbocycles. The Balaban J connectivity index is 1.64. The molecule has 0 radical (unpaired) electrons. The van der Waals surface area contributed by atoms with Gasteiger partial charge in [0.15, 0.2) is 5.82 Å². The van der Waals surface area contributed by atoms with Crippen LogP contribution in [0, 0.1) is 11.6 Å². The van der Waals surface area contributed by atoms with Crippen LogP contribution in [0.3, 0.4) is 0 Å². The molecule has 6 nitrogen and oxygen atoms in total. The molecule has 0 aliphatic rings. The molecule has 0 atom stereocenters. The molecule has 2 aromatic carbocycles. The number of fused-ring (bicyclic) bond motifs is 1. The van der Waals surface area contributed by atoms with Gasteiger partial charge in [-0.15, -0.1) is 0 Å². The number of hydrogen-bond donors (Lipinski definition) is 2. The van der Waals surface area contributed by atoms with Crippen molar-refractivity contribution in [3.8, 4) is 17.1 Å². The van der Waals surface area contributed by atoms with Crippen LogP contribution in [-0.2, 0) is 6.54 Å². The van der Waals surface area contributed by atoms with E-state index in [1.807, 2.05) is 31.2 Å². The van der Waals surface area contributed by atoms with E-state index in [1.165, 1.54) is 0 Å². The second-order valence-corrected chi connectivity index (χ2v) is 6.48. The molecular formula is C21H18F2N4O2. The number of carbonyl (C=O) groups is 1. The van der Waals surface area contributed by atoms with E-state index in [1.54, 1.807) is 13.2 Å². The Hall–Kier alpha value is -3.68. The fraction of sp³-hybridized carbons (Fsp3) is 0.143.